The van der Waals surface area contributed by atoms with Crippen molar-refractivity contribution in [2.45, 2.75) is 46.6 Å². The maximum Gasteiger partial charge on any atom is 0.222 e. The van der Waals surface area contributed by atoms with E-state index in [0.29, 0.717) is 12.3 Å². The summed E-state index contributed by atoms with van der Waals surface area (Å²) in [5.41, 5.74) is 17.0. The smallest absolute Gasteiger partial charge is 0.222 e. The van der Waals surface area contributed by atoms with Gasteiger partial charge in [-0.25, -0.2) is 4.98 Å². The lowest BCUT2D eigenvalue weighted by Crippen LogP contribution is -2.25. The van der Waals surface area contributed by atoms with Gasteiger partial charge in [-0.2, -0.15) is 10.2 Å². The van der Waals surface area contributed by atoms with Crippen LogP contribution in [0.3, 0.4) is 0 Å². The van der Waals surface area contributed by atoms with Crippen molar-refractivity contribution in [3.05, 3.63) is 93.8 Å². The van der Waals surface area contributed by atoms with Crippen LogP contribution >= 0.6 is 22.7 Å². The van der Waals surface area contributed by atoms with E-state index in [2.05, 4.69) is 78.0 Å². The number of nitrogens with one attached hydrogen (secondary N) is 1. The fourth-order valence-electron chi connectivity index (χ4n) is 5.22. The molecule has 5 N–H and O–H groups in total. The predicted molar refractivity (Wildman–Crippen MR) is 188 cm³/mol. The Morgan fingerprint density at radius 3 is 2.04 bits per heavy atom. The zero-order chi connectivity index (χ0) is 31.9. The molecule has 0 aliphatic rings. The number of aromatic nitrogens is 2. The molecule has 8 nitrogen and oxygen atoms in total. The molecule has 0 aliphatic carbocycles. The number of nitrogens with two attached hydrogens (primary N) is 2. The number of para-hydroxylation sites is 1. The van der Waals surface area contributed by atoms with Gasteiger partial charge in [-0.3, -0.25) is 0 Å². The lowest BCUT2D eigenvalue weighted by Gasteiger charge is -2.18. The molecular weight excluding hydrogens is 601 g/mol. The summed E-state index contributed by atoms with van der Waals surface area (Å²) >= 11 is 3.49. The minimum Gasteiger partial charge on any atom is -0.473 e. The first-order chi connectivity index (χ1) is 21.8. The van der Waals surface area contributed by atoms with Crippen LogP contribution in [0.4, 0.5) is 17.5 Å². The van der Waals surface area contributed by atoms with Gasteiger partial charge in [0.05, 0.1) is 12.7 Å². The molecule has 0 bridgehead atoms. The van der Waals surface area contributed by atoms with Crippen LogP contribution in [0.1, 0.15) is 36.1 Å². The topological polar surface area (TPSA) is 132 Å². The number of fused-ring (bicyclic) bond motifs is 2. The SMILES string of the molecule is CCc1c(OC(C#N)CNc2ccccc2)cc(C)c2sccc12.CCc1c(Oc2cnc(N)nc2N)cc(C)c2sccc12. The zero-order valence-corrected chi connectivity index (χ0v) is 27.4. The molecule has 0 spiro atoms. The van der Waals surface area contributed by atoms with Gasteiger partial charge in [0.15, 0.2) is 11.6 Å². The summed E-state index contributed by atoms with van der Waals surface area (Å²) in [7, 11) is 0. The molecular formula is C35H36N6O2S2. The second-order valence-electron chi connectivity index (χ2n) is 10.4. The molecule has 0 saturated heterocycles. The monoisotopic (exact) mass is 636 g/mol. The molecule has 0 amide bonds. The number of rotatable bonds is 9. The van der Waals surface area contributed by atoms with Crippen molar-refractivity contribution >= 4 is 60.3 Å². The Balaban J connectivity index is 0.000000179. The Morgan fingerprint density at radius 2 is 1.47 bits per heavy atom. The third-order valence-corrected chi connectivity index (χ3v) is 9.49. The minimum atomic E-state index is -0.536. The second kappa shape index (κ2) is 14.3. The zero-order valence-electron chi connectivity index (χ0n) is 25.8. The Labute approximate surface area is 271 Å². The molecule has 0 radical (unpaired) electrons. The average molecular weight is 637 g/mol. The van der Waals surface area contributed by atoms with Crippen LogP contribution in [0.25, 0.3) is 20.2 Å². The average Bonchev–Trinajstić information content (AvgIpc) is 3.73. The van der Waals surface area contributed by atoms with Crippen molar-refractivity contribution in [1.82, 2.24) is 9.97 Å². The molecule has 6 rings (SSSR count). The van der Waals surface area contributed by atoms with Crippen LogP contribution in [0, 0.1) is 25.2 Å². The summed E-state index contributed by atoms with van der Waals surface area (Å²) in [5.74, 6) is 2.42. The maximum atomic E-state index is 9.46. The van der Waals surface area contributed by atoms with E-state index in [9.17, 15) is 5.26 Å². The summed E-state index contributed by atoms with van der Waals surface area (Å²) in [6.07, 6.45) is 2.72. The van der Waals surface area contributed by atoms with Crippen LogP contribution < -0.4 is 26.3 Å². The molecule has 3 aromatic heterocycles. The summed E-state index contributed by atoms with van der Waals surface area (Å²) in [6, 6.07) is 20.5. The largest absolute Gasteiger partial charge is 0.473 e. The third kappa shape index (κ3) is 7.11. The summed E-state index contributed by atoms with van der Waals surface area (Å²) in [5, 5.41) is 19.4. The van der Waals surface area contributed by atoms with Gasteiger partial charge in [-0.05, 0) is 95.7 Å². The van der Waals surface area contributed by atoms with Crippen molar-refractivity contribution < 1.29 is 9.47 Å². The predicted octanol–water partition coefficient (Wildman–Crippen LogP) is 8.67. The van der Waals surface area contributed by atoms with Gasteiger partial charge in [-0.15, -0.1) is 22.7 Å². The number of thiophene rings is 2. The van der Waals surface area contributed by atoms with E-state index in [0.717, 1.165) is 35.6 Å². The standard InChI is InChI=1S/C20H20N2OS.C15H16N4OS/c1-3-17-18-9-10-24-20(18)14(2)11-19(17)23-16(12-21)13-22-15-7-5-4-6-8-15;1-3-9-10-4-5-21-13(10)8(2)6-11(9)20-12-7-18-15(17)19-14(12)16/h4-11,16,22H,3,13H2,1-2H3;4-7H,3H2,1-2H3,(H4,16,17,18,19). The molecule has 45 heavy (non-hydrogen) atoms. The number of nitriles is 1. The highest BCUT2D eigenvalue weighted by Crippen LogP contribution is 2.38. The van der Waals surface area contributed by atoms with E-state index in [1.807, 2.05) is 36.4 Å². The van der Waals surface area contributed by atoms with E-state index in [-0.39, 0.29) is 11.8 Å². The number of aryl methyl sites for hydroxylation is 4. The molecule has 0 fully saturated rings. The molecule has 10 heteroatoms. The van der Waals surface area contributed by atoms with E-state index >= 15 is 0 Å². The number of hydrogen-bond acceptors (Lipinski definition) is 10. The Kier molecular flexibility index (Phi) is 10.0. The van der Waals surface area contributed by atoms with Gasteiger partial charge >= 0.3 is 0 Å². The highest BCUT2D eigenvalue weighted by molar-refractivity contribution is 7.17. The Hall–Kier alpha value is -4.85. The van der Waals surface area contributed by atoms with Gasteiger partial charge < -0.3 is 26.3 Å². The Bertz CT molecular complexity index is 1960. The molecule has 3 heterocycles. The normalized spacial score (nSPS) is 11.4. The number of ether oxygens (including phenoxy) is 2. The molecule has 0 saturated carbocycles. The van der Waals surface area contributed by atoms with Crippen molar-refractivity contribution in [1.29, 1.82) is 5.26 Å². The van der Waals surface area contributed by atoms with Crippen LogP contribution in [-0.2, 0) is 12.8 Å². The van der Waals surface area contributed by atoms with Crippen LogP contribution in [0.5, 0.6) is 17.2 Å². The van der Waals surface area contributed by atoms with E-state index in [4.69, 9.17) is 20.9 Å². The minimum absolute atomic E-state index is 0.139. The highest BCUT2D eigenvalue weighted by Gasteiger charge is 2.16. The number of nitrogen functional groups attached to an aromatic ring is 2. The first-order valence-electron chi connectivity index (χ1n) is 14.7. The van der Waals surface area contributed by atoms with Crippen molar-refractivity contribution in [2.75, 3.05) is 23.3 Å². The van der Waals surface area contributed by atoms with Crippen LogP contribution in [-0.4, -0.2) is 22.6 Å². The summed E-state index contributed by atoms with van der Waals surface area (Å²) in [4.78, 5) is 7.85. The summed E-state index contributed by atoms with van der Waals surface area (Å²) < 4.78 is 14.6. The molecule has 1 atom stereocenters. The quantitative estimate of drug-likeness (QED) is 0.144. The first-order valence-corrected chi connectivity index (χ1v) is 16.5. The molecule has 6 aromatic rings. The van der Waals surface area contributed by atoms with Crippen molar-refractivity contribution in [2.24, 2.45) is 0 Å². The van der Waals surface area contributed by atoms with Gasteiger partial charge in [-0.1, -0.05) is 32.0 Å². The van der Waals surface area contributed by atoms with Crippen molar-refractivity contribution in [3.8, 4) is 23.3 Å². The second-order valence-corrected chi connectivity index (χ2v) is 12.3. The third-order valence-electron chi connectivity index (χ3n) is 7.39. The lowest BCUT2D eigenvalue weighted by atomic mass is 10.0. The van der Waals surface area contributed by atoms with Gasteiger partial charge in [0.1, 0.15) is 17.6 Å². The van der Waals surface area contributed by atoms with Crippen LogP contribution in [0.2, 0.25) is 0 Å². The van der Waals surface area contributed by atoms with E-state index in [1.165, 1.54) is 43.1 Å². The highest BCUT2D eigenvalue weighted by atomic mass is 32.1. The van der Waals surface area contributed by atoms with Gasteiger partial charge in [0.25, 0.3) is 0 Å². The number of nitrogens with zero attached hydrogens (tertiary/aromatic N) is 3. The first kappa shape index (κ1) is 31.6. The summed E-state index contributed by atoms with van der Waals surface area (Å²) in [6.45, 7) is 8.85. The molecule has 0 aliphatic heterocycles. The van der Waals surface area contributed by atoms with Crippen LogP contribution in [0.15, 0.2) is 71.6 Å². The van der Waals surface area contributed by atoms with E-state index < -0.39 is 6.10 Å². The molecule has 3 aromatic carbocycles. The fraction of sp³-hybridized carbons (Fsp3) is 0.229. The lowest BCUT2D eigenvalue weighted by molar-refractivity contribution is 0.266. The number of benzene rings is 3. The number of anilines is 3. The fourth-order valence-corrected chi connectivity index (χ4v) is 7.03. The van der Waals surface area contributed by atoms with Gasteiger partial charge in [0.2, 0.25) is 12.1 Å². The number of hydrogen-bond donors (Lipinski definition) is 3. The maximum absolute atomic E-state index is 9.46. The Morgan fingerprint density at radius 1 is 0.867 bits per heavy atom. The van der Waals surface area contributed by atoms with Crippen molar-refractivity contribution in [3.63, 3.8) is 0 Å². The van der Waals surface area contributed by atoms with E-state index in [1.54, 1.807) is 22.7 Å². The molecule has 230 valence electrons. The molecule has 1 unspecified atom stereocenters. The van der Waals surface area contributed by atoms with Gasteiger partial charge in [0, 0.05) is 26.2 Å².